The molecule has 0 heterocycles. The number of nitrogens with zero attached hydrogens (tertiary/aromatic N) is 1. The minimum absolute atomic E-state index is 0.0373. The third-order valence-electron chi connectivity index (χ3n) is 4.02. The number of rotatable bonds is 8. The molecular formula is C20H25ClN3O3+. The number of carbonyl (C=O) groups excluding carboxylic acids is 2. The van der Waals surface area contributed by atoms with Gasteiger partial charge in [-0.25, -0.2) is 0 Å². The van der Waals surface area contributed by atoms with Gasteiger partial charge < -0.3 is 19.9 Å². The highest BCUT2D eigenvalue weighted by Gasteiger charge is 2.17. The predicted molar refractivity (Wildman–Crippen MR) is 106 cm³/mol. The maximum absolute atomic E-state index is 12.4. The molecule has 0 aliphatic rings. The van der Waals surface area contributed by atoms with Crippen molar-refractivity contribution in [2.75, 3.05) is 39.6 Å². The van der Waals surface area contributed by atoms with Gasteiger partial charge in [0.25, 0.3) is 11.8 Å². The zero-order chi connectivity index (χ0) is 19.8. The summed E-state index contributed by atoms with van der Waals surface area (Å²) in [6.07, 6.45) is 0. The molecule has 2 rings (SSSR count). The fraction of sp³-hybridized carbons (Fsp3) is 0.300. The fourth-order valence-electron chi connectivity index (χ4n) is 2.61. The third kappa shape index (κ3) is 6.92. The second kappa shape index (κ2) is 9.94. The zero-order valence-corrected chi connectivity index (χ0v) is 16.5. The van der Waals surface area contributed by atoms with Gasteiger partial charge in [-0.05, 0) is 42.0 Å². The molecule has 144 valence electrons. The number of halogens is 1. The molecule has 2 N–H and O–H groups in total. The summed E-state index contributed by atoms with van der Waals surface area (Å²) in [5, 5.41) is 3.46. The number of quaternary nitrogens is 1. The van der Waals surface area contributed by atoms with Gasteiger partial charge >= 0.3 is 0 Å². The topological polar surface area (TPSA) is 63.1 Å². The summed E-state index contributed by atoms with van der Waals surface area (Å²) in [5.74, 6) is 0.539. The van der Waals surface area contributed by atoms with Crippen molar-refractivity contribution in [2.45, 2.75) is 6.54 Å². The Balaban J connectivity index is 1.79. The van der Waals surface area contributed by atoms with Crippen LogP contribution in [0.1, 0.15) is 5.56 Å². The molecule has 0 bridgehead atoms. The Morgan fingerprint density at radius 1 is 1.15 bits per heavy atom. The molecule has 6 nitrogen and oxygen atoms in total. The summed E-state index contributed by atoms with van der Waals surface area (Å²) in [6.45, 7) is 0.903. The van der Waals surface area contributed by atoms with Gasteiger partial charge in [0.1, 0.15) is 5.75 Å². The van der Waals surface area contributed by atoms with Gasteiger partial charge in [0.15, 0.2) is 13.1 Å². The number of hydrogen-bond donors (Lipinski definition) is 2. The second-order valence-corrected chi connectivity index (χ2v) is 6.90. The Hall–Kier alpha value is -2.57. The standard InChI is InChI=1S/C20H24ClN3O3/c1-23(13-19(25)22-17-7-9-18(27-3)10-8-17)14-20(26)24(2)12-15-5-4-6-16(21)11-15/h4-11H,12-14H2,1-3H3,(H,22,25)/p+1. The molecule has 0 aliphatic carbocycles. The Morgan fingerprint density at radius 2 is 1.85 bits per heavy atom. The number of benzene rings is 2. The van der Waals surface area contributed by atoms with Crippen LogP contribution in [0.2, 0.25) is 5.02 Å². The first-order valence-corrected chi connectivity index (χ1v) is 8.99. The van der Waals surface area contributed by atoms with E-state index < -0.39 is 0 Å². The van der Waals surface area contributed by atoms with Crippen molar-refractivity contribution in [1.82, 2.24) is 4.90 Å². The molecule has 27 heavy (non-hydrogen) atoms. The van der Waals surface area contributed by atoms with Crippen LogP contribution in [0.5, 0.6) is 5.75 Å². The van der Waals surface area contributed by atoms with Gasteiger partial charge in [-0.15, -0.1) is 0 Å². The molecule has 2 amide bonds. The largest absolute Gasteiger partial charge is 0.497 e. The van der Waals surface area contributed by atoms with Crippen molar-refractivity contribution in [3.05, 3.63) is 59.1 Å². The number of carbonyl (C=O) groups is 2. The first-order chi connectivity index (χ1) is 12.9. The van der Waals surface area contributed by atoms with E-state index in [-0.39, 0.29) is 24.9 Å². The van der Waals surface area contributed by atoms with Crippen LogP contribution < -0.4 is 15.0 Å². The van der Waals surface area contributed by atoms with Gasteiger partial charge in [0.2, 0.25) is 0 Å². The van der Waals surface area contributed by atoms with E-state index >= 15 is 0 Å². The average molecular weight is 391 g/mol. The van der Waals surface area contributed by atoms with Crippen LogP contribution in [-0.2, 0) is 16.1 Å². The second-order valence-electron chi connectivity index (χ2n) is 6.47. The minimum atomic E-state index is -0.150. The molecule has 0 saturated carbocycles. The van der Waals surface area contributed by atoms with Crippen LogP contribution in [0.4, 0.5) is 5.69 Å². The van der Waals surface area contributed by atoms with Gasteiger partial charge in [-0.3, -0.25) is 9.59 Å². The highest BCUT2D eigenvalue weighted by Crippen LogP contribution is 2.14. The number of amides is 2. The normalized spacial score (nSPS) is 11.6. The van der Waals surface area contributed by atoms with Crippen molar-refractivity contribution in [3.63, 3.8) is 0 Å². The number of hydrogen-bond acceptors (Lipinski definition) is 3. The molecule has 0 spiro atoms. The average Bonchev–Trinajstić information content (AvgIpc) is 2.62. The number of likely N-dealkylation sites (N-methyl/N-ethyl adjacent to an activating group) is 2. The number of nitrogens with one attached hydrogen (secondary N) is 2. The highest BCUT2D eigenvalue weighted by atomic mass is 35.5. The lowest BCUT2D eigenvalue weighted by Crippen LogP contribution is -3.11. The van der Waals surface area contributed by atoms with Gasteiger partial charge in [-0.2, -0.15) is 0 Å². The number of anilines is 1. The zero-order valence-electron chi connectivity index (χ0n) is 15.8. The van der Waals surface area contributed by atoms with Crippen molar-refractivity contribution in [2.24, 2.45) is 0 Å². The van der Waals surface area contributed by atoms with Crippen molar-refractivity contribution >= 4 is 29.1 Å². The van der Waals surface area contributed by atoms with E-state index in [1.807, 2.05) is 25.2 Å². The lowest BCUT2D eigenvalue weighted by molar-refractivity contribution is -0.862. The summed E-state index contributed by atoms with van der Waals surface area (Å²) >= 11 is 5.97. The van der Waals surface area contributed by atoms with E-state index in [1.165, 1.54) is 0 Å². The van der Waals surface area contributed by atoms with E-state index in [1.54, 1.807) is 49.4 Å². The lowest BCUT2D eigenvalue weighted by atomic mass is 10.2. The van der Waals surface area contributed by atoms with Gasteiger partial charge in [0, 0.05) is 24.3 Å². The Bertz CT molecular complexity index is 780. The quantitative estimate of drug-likeness (QED) is 0.717. The molecule has 0 fully saturated rings. The highest BCUT2D eigenvalue weighted by molar-refractivity contribution is 6.30. The fourth-order valence-corrected chi connectivity index (χ4v) is 2.82. The van der Waals surface area contributed by atoms with Crippen LogP contribution in [0.25, 0.3) is 0 Å². The predicted octanol–water partition coefficient (Wildman–Crippen LogP) is 1.46. The van der Waals surface area contributed by atoms with E-state index in [9.17, 15) is 9.59 Å². The minimum Gasteiger partial charge on any atom is -0.497 e. The smallest absolute Gasteiger partial charge is 0.279 e. The molecule has 2 aromatic carbocycles. The molecule has 0 aliphatic heterocycles. The van der Waals surface area contributed by atoms with Crippen molar-refractivity contribution in [3.8, 4) is 5.75 Å². The Labute approximate surface area is 164 Å². The Morgan fingerprint density at radius 3 is 2.48 bits per heavy atom. The SMILES string of the molecule is COc1ccc(NC(=O)C[NH+](C)CC(=O)N(C)Cc2cccc(Cl)c2)cc1. The van der Waals surface area contributed by atoms with E-state index in [4.69, 9.17) is 16.3 Å². The number of ether oxygens (including phenoxy) is 1. The van der Waals surface area contributed by atoms with E-state index in [0.29, 0.717) is 17.3 Å². The van der Waals surface area contributed by atoms with E-state index in [2.05, 4.69) is 5.32 Å². The number of methoxy groups -OCH3 is 1. The molecular weight excluding hydrogens is 366 g/mol. The summed E-state index contributed by atoms with van der Waals surface area (Å²) in [5.41, 5.74) is 1.66. The van der Waals surface area contributed by atoms with Crippen LogP contribution >= 0.6 is 11.6 Å². The van der Waals surface area contributed by atoms with Crippen LogP contribution in [0.3, 0.4) is 0 Å². The Kier molecular flexibility index (Phi) is 7.64. The summed E-state index contributed by atoms with van der Waals surface area (Å²) < 4.78 is 5.09. The summed E-state index contributed by atoms with van der Waals surface area (Å²) in [4.78, 5) is 27.0. The van der Waals surface area contributed by atoms with Crippen LogP contribution in [0.15, 0.2) is 48.5 Å². The lowest BCUT2D eigenvalue weighted by Gasteiger charge is -2.20. The van der Waals surface area contributed by atoms with Gasteiger partial charge in [0.05, 0.1) is 14.2 Å². The molecule has 0 radical (unpaired) electrons. The third-order valence-corrected chi connectivity index (χ3v) is 4.26. The monoisotopic (exact) mass is 390 g/mol. The van der Waals surface area contributed by atoms with Crippen molar-refractivity contribution in [1.29, 1.82) is 0 Å². The van der Waals surface area contributed by atoms with Gasteiger partial charge in [-0.1, -0.05) is 23.7 Å². The molecule has 0 aromatic heterocycles. The molecule has 0 saturated heterocycles. The first-order valence-electron chi connectivity index (χ1n) is 8.61. The summed E-state index contributed by atoms with van der Waals surface area (Å²) in [7, 11) is 5.15. The molecule has 2 aromatic rings. The molecule has 1 unspecified atom stereocenters. The maximum Gasteiger partial charge on any atom is 0.279 e. The summed E-state index contributed by atoms with van der Waals surface area (Å²) in [6, 6.07) is 14.5. The van der Waals surface area contributed by atoms with E-state index in [0.717, 1.165) is 16.2 Å². The first kappa shape index (κ1) is 20.7. The molecule has 7 heteroatoms. The van der Waals surface area contributed by atoms with Crippen LogP contribution in [0, 0.1) is 0 Å². The molecule has 1 atom stereocenters. The maximum atomic E-state index is 12.4. The van der Waals surface area contributed by atoms with Crippen LogP contribution in [-0.4, -0.2) is 51.0 Å². The van der Waals surface area contributed by atoms with Crippen molar-refractivity contribution < 1.29 is 19.2 Å².